The Morgan fingerprint density at radius 2 is 1.77 bits per heavy atom. The van der Waals surface area contributed by atoms with Crippen LogP contribution in [0.15, 0.2) is 73.4 Å². The van der Waals surface area contributed by atoms with Crippen molar-refractivity contribution in [3.05, 3.63) is 75.8 Å². The molecule has 0 aliphatic heterocycles. The number of carbonyl (C=O) groups excluding carboxylic acids is 1. The number of hydrazone groups is 1. The van der Waals surface area contributed by atoms with Crippen molar-refractivity contribution in [2.75, 3.05) is 5.75 Å². The van der Waals surface area contributed by atoms with Crippen molar-refractivity contribution >= 4 is 76.3 Å². The van der Waals surface area contributed by atoms with Crippen LogP contribution in [-0.2, 0) is 10.5 Å². The molecule has 1 amide bonds. The van der Waals surface area contributed by atoms with E-state index in [9.17, 15) is 4.79 Å². The number of nitrogens with one attached hydrogen (secondary N) is 1. The molecular weight excluding hydrogens is 479 g/mol. The van der Waals surface area contributed by atoms with Crippen molar-refractivity contribution in [1.82, 2.24) is 15.6 Å². The SMILES string of the molecule is O=C(CSc1nnc(SCc2ccccc2Cl)s1)NN=CC(Cl)=Cc1ccccc1. The molecule has 30 heavy (non-hydrogen) atoms. The maximum Gasteiger partial charge on any atom is 0.250 e. The molecule has 10 heteroatoms. The summed E-state index contributed by atoms with van der Waals surface area (Å²) in [5.41, 5.74) is 4.45. The first-order valence-electron chi connectivity index (χ1n) is 8.67. The fraction of sp³-hybridized carbons (Fsp3) is 0.100. The lowest BCUT2D eigenvalue weighted by Gasteiger charge is -2.00. The third kappa shape index (κ3) is 7.77. The molecule has 3 aromatic rings. The van der Waals surface area contributed by atoms with Gasteiger partial charge in [0.2, 0.25) is 0 Å². The van der Waals surface area contributed by atoms with Crippen molar-refractivity contribution in [2.24, 2.45) is 5.10 Å². The monoisotopic (exact) mass is 494 g/mol. The Labute approximate surface area is 197 Å². The lowest BCUT2D eigenvalue weighted by molar-refractivity contribution is -0.118. The quantitative estimate of drug-likeness (QED) is 0.226. The Morgan fingerprint density at radius 1 is 1.07 bits per heavy atom. The van der Waals surface area contributed by atoms with Crippen LogP contribution < -0.4 is 5.43 Å². The van der Waals surface area contributed by atoms with Gasteiger partial charge in [-0.2, -0.15) is 5.10 Å². The smallest absolute Gasteiger partial charge is 0.250 e. The van der Waals surface area contributed by atoms with Gasteiger partial charge in [0.05, 0.1) is 17.0 Å². The maximum atomic E-state index is 11.9. The number of aromatic nitrogens is 2. The van der Waals surface area contributed by atoms with Crippen LogP contribution in [0.1, 0.15) is 11.1 Å². The van der Waals surface area contributed by atoms with Gasteiger partial charge in [0, 0.05) is 10.8 Å². The Kier molecular flexibility index (Phi) is 9.23. The third-order valence-electron chi connectivity index (χ3n) is 3.50. The van der Waals surface area contributed by atoms with Gasteiger partial charge in [0.1, 0.15) is 0 Å². The Bertz CT molecular complexity index is 1040. The van der Waals surface area contributed by atoms with Crippen molar-refractivity contribution in [3.63, 3.8) is 0 Å². The van der Waals surface area contributed by atoms with Crippen molar-refractivity contribution < 1.29 is 4.79 Å². The molecule has 0 radical (unpaired) electrons. The molecule has 0 fully saturated rings. The van der Waals surface area contributed by atoms with Crippen LogP contribution in [0.25, 0.3) is 6.08 Å². The second-order valence-corrected chi connectivity index (χ2v) is 10.0. The highest BCUT2D eigenvalue weighted by Gasteiger charge is 2.09. The normalized spacial score (nSPS) is 11.7. The van der Waals surface area contributed by atoms with Crippen molar-refractivity contribution in [2.45, 2.75) is 14.4 Å². The van der Waals surface area contributed by atoms with Gasteiger partial charge >= 0.3 is 0 Å². The van der Waals surface area contributed by atoms with E-state index < -0.39 is 0 Å². The van der Waals surface area contributed by atoms with Gasteiger partial charge in [-0.05, 0) is 23.3 Å². The minimum Gasteiger partial charge on any atom is -0.272 e. The number of hydrogen-bond donors (Lipinski definition) is 1. The molecule has 1 N–H and O–H groups in total. The van der Waals surface area contributed by atoms with Crippen LogP contribution in [0.5, 0.6) is 0 Å². The van der Waals surface area contributed by atoms with E-state index in [1.54, 1.807) is 17.8 Å². The largest absolute Gasteiger partial charge is 0.272 e. The van der Waals surface area contributed by atoms with E-state index in [1.165, 1.54) is 29.3 Å². The van der Waals surface area contributed by atoms with Gasteiger partial charge in [-0.1, -0.05) is 107 Å². The summed E-state index contributed by atoms with van der Waals surface area (Å²) >= 11 is 16.6. The standard InChI is InChI=1S/C20H16Cl2N4OS3/c21-16(10-14-6-2-1-3-7-14)11-23-24-18(27)13-29-20-26-25-19(30-20)28-12-15-8-4-5-9-17(15)22/h1-11H,12-13H2,(H,24,27). The molecule has 0 saturated carbocycles. The van der Waals surface area contributed by atoms with Gasteiger partial charge in [-0.3, -0.25) is 4.79 Å². The molecule has 1 heterocycles. The molecule has 154 valence electrons. The maximum absolute atomic E-state index is 11.9. The second-order valence-electron chi connectivity index (χ2n) is 5.74. The second kappa shape index (κ2) is 12.1. The molecule has 0 spiro atoms. The predicted octanol–water partition coefficient (Wildman–Crippen LogP) is 5.96. The van der Waals surface area contributed by atoms with Crippen molar-refractivity contribution in [3.8, 4) is 0 Å². The Balaban J connectivity index is 1.41. The highest BCUT2D eigenvalue weighted by molar-refractivity contribution is 8.03. The summed E-state index contributed by atoms with van der Waals surface area (Å²) < 4.78 is 1.55. The average Bonchev–Trinajstić information content (AvgIpc) is 3.20. The molecule has 0 unspecified atom stereocenters. The van der Waals surface area contributed by atoms with Gasteiger partial charge in [0.15, 0.2) is 8.68 Å². The van der Waals surface area contributed by atoms with E-state index in [1.807, 2.05) is 54.6 Å². The summed E-state index contributed by atoms with van der Waals surface area (Å²) in [7, 11) is 0. The average molecular weight is 495 g/mol. The molecule has 0 aliphatic rings. The van der Waals surface area contributed by atoms with E-state index in [-0.39, 0.29) is 11.7 Å². The van der Waals surface area contributed by atoms with E-state index in [2.05, 4.69) is 20.7 Å². The van der Waals surface area contributed by atoms with Crippen LogP contribution in [0, 0.1) is 0 Å². The summed E-state index contributed by atoms with van der Waals surface area (Å²) in [6.07, 6.45) is 3.15. The number of amides is 1. The van der Waals surface area contributed by atoms with E-state index in [4.69, 9.17) is 23.2 Å². The molecule has 0 saturated heterocycles. The summed E-state index contributed by atoms with van der Waals surface area (Å²) in [6, 6.07) is 17.3. The Hall–Kier alpha value is -1.84. The van der Waals surface area contributed by atoms with Gasteiger partial charge < -0.3 is 0 Å². The number of benzene rings is 2. The first-order chi connectivity index (χ1) is 14.6. The van der Waals surface area contributed by atoms with E-state index in [0.717, 1.165) is 24.8 Å². The minimum absolute atomic E-state index is 0.182. The highest BCUT2D eigenvalue weighted by Crippen LogP contribution is 2.32. The first-order valence-corrected chi connectivity index (χ1v) is 12.2. The molecule has 2 aromatic carbocycles. The number of thioether (sulfide) groups is 2. The predicted molar refractivity (Wildman–Crippen MR) is 129 cm³/mol. The molecule has 0 aliphatic carbocycles. The van der Waals surface area contributed by atoms with E-state index in [0.29, 0.717) is 10.8 Å². The van der Waals surface area contributed by atoms with Crippen LogP contribution in [0.3, 0.4) is 0 Å². The van der Waals surface area contributed by atoms with Crippen LogP contribution in [0.4, 0.5) is 0 Å². The van der Waals surface area contributed by atoms with Crippen LogP contribution >= 0.6 is 58.1 Å². The molecular formula is C20H16Cl2N4OS3. The van der Waals surface area contributed by atoms with E-state index >= 15 is 0 Å². The summed E-state index contributed by atoms with van der Waals surface area (Å²) in [5.74, 6) is 0.646. The number of rotatable bonds is 9. The van der Waals surface area contributed by atoms with Crippen molar-refractivity contribution in [1.29, 1.82) is 0 Å². The molecule has 5 nitrogen and oxygen atoms in total. The number of hydrogen-bond acceptors (Lipinski definition) is 7. The fourth-order valence-electron chi connectivity index (χ4n) is 2.14. The topological polar surface area (TPSA) is 67.2 Å². The van der Waals surface area contributed by atoms with Gasteiger partial charge in [-0.25, -0.2) is 5.43 Å². The van der Waals surface area contributed by atoms with Gasteiger partial charge in [-0.15, -0.1) is 10.2 Å². The number of halogens is 2. The molecule has 0 atom stereocenters. The molecule has 0 bridgehead atoms. The first kappa shape index (κ1) is 22.8. The molecule has 1 aromatic heterocycles. The summed E-state index contributed by atoms with van der Waals surface area (Å²) in [5, 5.41) is 13.3. The molecule has 3 rings (SSSR count). The Morgan fingerprint density at radius 3 is 2.53 bits per heavy atom. The lowest BCUT2D eigenvalue weighted by Crippen LogP contribution is -2.19. The fourth-order valence-corrected chi connectivity index (χ4v) is 5.41. The highest BCUT2D eigenvalue weighted by atomic mass is 35.5. The minimum atomic E-state index is -0.249. The van der Waals surface area contributed by atoms with Crippen LogP contribution in [0.2, 0.25) is 5.02 Å². The number of nitrogens with zero attached hydrogens (tertiary/aromatic N) is 3. The van der Waals surface area contributed by atoms with Crippen LogP contribution in [-0.4, -0.2) is 28.1 Å². The lowest BCUT2D eigenvalue weighted by atomic mass is 10.2. The van der Waals surface area contributed by atoms with Gasteiger partial charge in [0.25, 0.3) is 5.91 Å². The number of carbonyl (C=O) groups is 1. The summed E-state index contributed by atoms with van der Waals surface area (Å²) in [4.78, 5) is 11.9. The number of allylic oxidation sites excluding steroid dienone is 1. The summed E-state index contributed by atoms with van der Waals surface area (Å²) in [6.45, 7) is 0. The third-order valence-corrected chi connectivity index (χ3v) is 7.32. The zero-order valence-electron chi connectivity index (χ0n) is 15.5. The zero-order chi connectivity index (χ0) is 21.2. The zero-order valence-corrected chi connectivity index (χ0v) is 19.5.